The number of hydrogen-bond donors (Lipinski definition) is 2. The molecule has 0 fully saturated rings. The topological polar surface area (TPSA) is 58.9 Å². The molecule has 0 unspecified atom stereocenters. The van der Waals surface area contributed by atoms with Crippen molar-refractivity contribution in [3.05, 3.63) is 42.4 Å². The Balaban J connectivity index is 0.00000242. The Labute approximate surface area is 157 Å². The monoisotopic (exact) mass is 438 g/mol. The van der Waals surface area contributed by atoms with Crippen molar-refractivity contribution in [3.8, 4) is 0 Å². The third-order valence-corrected chi connectivity index (χ3v) is 9.91. The minimum Gasteiger partial charge on any atom is -1.00 e. The van der Waals surface area contributed by atoms with E-state index in [1.165, 1.54) is 6.56 Å². The molecule has 0 saturated heterocycles. The summed E-state index contributed by atoms with van der Waals surface area (Å²) in [6.07, 6.45) is 10.4. The third kappa shape index (κ3) is 6.68. The molecule has 23 heavy (non-hydrogen) atoms. The van der Waals surface area contributed by atoms with Crippen LogP contribution in [0.1, 0.15) is 19.8 Å². The van der Waals surface area contributed by atoms with Crippen molar-refractivity contribution in [1.29, 1.82) is 0 Å². The molecule has 0 saturated carbocycles. The summed E-state index contributed by atoms with van der Waals surface area (Å²) in [5.74, 6) is 1.78. The van der Waals surface area contributed by atoms with E-state index in [0.717, 1.165) is 24.4 Å². The second-order valence-electron chi connectivity index (χ2n) is 4.81. The molecule has 0 heterocycles. The van der Waals surface area contributed by atoms with Gasteiger partial charge in [-0.15, -0.1) is 0 Å². The van der Waals surface area contributed by atoms with Crippen LogP contribution in [0.15, 0.2) is 42.4 Å². The van der Waals surface area contributed by atoms with Crippen molar-refractivity contribution in [1.82, 2.24) is 0 Å². The molecular formula is C16H22Cl2O4Zr. The van der Waals surface area contributed by atoms with Gasteiger partial charge in [0.1, 0.15) is 0 Å². The van der Waals surface area contributed by atoms with Crippen LogP contribution in [0.4, 0.5) is 0 Å². The van der Waals surface area contributed by atoms with Crippen LogP contribution in [0.25, 0.3) is 0 Å². The maximum absolute atomic E-state index is 8.81. The van der Waals surface area contributed by atoms with Crippen LogP contribution in [0, 0.1) is 0 Å². The fourth-order valence-corrected chi connectivity index (χ4v) is 8.36. The maximum Gasteiger partial charge on any atom is -1.00 e. The van der Waals surface area contributed by atoms with E-state index in [9.17, 15) is 0 Å². The molecule has 2 N–H and O–H groups in total. The summed E-state index contributed by atoms with van der Waals surface area (Å²) in [4.78, 5) is 0. The van der Waals surface area contributed by atoms with Crippen LogP contribution in [-0.2, 0) is 30.7 Å². The van der Waals surface area contributed by atoms with Gasteiger partial charge < -0.3 is 24.8 Å². The van der Waals surface area contributed by atoms with E-state index in [1.54, 1.807) is 0 Å². The number of aliphatic hydroxyl groups excluding tert-OH is 2. The van der Waals surface area contributed by atoms with Crippen LogP contribution in [0.3, 0.4) is 0 Å². The zero-order valence-corrected chi connectivity index (χ0v) is 17.1. The van der Waals surface area contributed by atoms with E-state index >= 15 is 0 Å². The number of rotatable bonds is 8. The van der Waals surface area contributed by atoms with Gasteiger partial charge in [-0.1, -0.05) is 0 Å². The average molecular weight is 440 g/mol. The SMILES string of the molecule is C[CH]=[Zr+2]([C]1=CC(OCCO)=CC1)[C]1=CC(OCCO)=CC1.[Cl-].[Cl-]. The Morgan fingerprint density at radius 1 is 0.957 bits per heavy atom. The Kier molecular flexibility index (Phi) is 12.1. The fraction of sp³-hybridized carbons (Fsp3) is 0.438. The molecule has 0 aromatic carbocycles. The predicted octanol–water partition coefficient (Wildman–Crippen LogP) is -4.20. The Morgan fingerprint density at radius 3 is 1.74 bits per heavy atom. The Hall–Kier alpha value is -0.187. The van der Waals surface area contributed by atoms with E-state index in [0.29, 0.717) is 13.2 Å². The van der Waals surface area contributed by atoms with E-state index in [-0.39, 0.29) is 38.0 Å². The van der Waals surface area contributed by atoms with Gasteiger partial charge in [-0.2, -0.15) is 0 Å². The molecule has 0 aliphatic heterocycles. The van der Waals surface area contributed by atoms with E-state index in [2.05, 4.69) is 34.9 Å². The van der Waals surface area contributed by atoms with Gasteiger partial charge >= 0.3 is 133 Å². The summed E-state index contributed by atoms with van der Waals surface area (Å²) in [6, 6.07) is 0. The zero-order valence-electron chi connectivity index (χ0n) is 13.1. The largest absolute Gasteiger partial charge is 1.00 e. The number of aliphatic hydroxyl groups is 2. The first-order valence-electron chi connectivity index (χ1n) is 7.24. The molecule has 0 aromatic rings. The van der Waals surface area contributed by atoms with Gasteiger partial charge in [0.2, 0.25) is 0 Å². The molecule has 0 bridgehead atoms. The summed E-state index contributed by atoms with van der Waals surface area (Å²) >= 11 is -1.89. The molecule has 0 radical (unpaired) electrons. The first kappa shape index (κ1) is 22.8. The third-order valence-electron chi connectivity index (χ3n) is 3.38. The van der Waals surface area contributed by atoms with Gasteiger partial charge in [-0.3, -0.25) is 0 Å². The summed E-state index contributed by atoms with van der Waals surface area (Å²) in [7, 11) is 0. The smallest absolute Gasteiger partial charge is 1.00 e. The van der Waals surface area contributed by atoms with Crippen molar-refractivity contribution in [2.75, 3.05) is 26.4 Å². The maximum atomic E-state index is 8.81. The van der Waals surface area contributed by atoms with Crippen LogP contribution in [0.2, 0.25) is 0 Å². The van der Waals surface area contributed by atoms with E-state index < -0.39 is 21.3 Å². The normalized spacial score (nSPS) is 15.0. The number of hydrogen-bond acceptors (Lipinski definition) is 4. The molecule has 0 aromatic heterocycles. The standard InChI is InChI=1S/2C7H9O2.C2H4.2ClH.Zr/c2*8-5-6-9-7-3-1-2-4-7;1-2;;;/h2*3-4,8H,1,5-6H2;1H,2H3;2*1H;/q;;;;;+2/p-2. The summed E-state index contributed by atoms with van der Waals surface area (Å²) in [5, 5.41) is 17.6. The number of halogens is 2. The molecule has 7 heteroatoms. The molecule has 128 valence electrons. The second kappa shape index (κ2) is 12.2. The van der Waals surface area contributed by atoms with Crippen molar-refractivity contribution in [3.63, 3.8) is 0 Å². The van der Waals surface area contributed by atoms with Crippen molar-refractivity contribution in [2.24, 2.45) is 0 Å². The van der Waals surface area contributed by atoms with E-state index in [1.807, 2.05) is 0 Å². The van der Waals surface area contributed by atoms with Crippen molar-refractivity contribution < 1.29 is 65.8 Å². The molecule has 0 atom stereocenters. The molecule has 0 amide bonds. The predicted molar refractivity (Wildman–Crippen MR) is 79.4 cm³/mol. The molecule has 2 aliphatic rings. The van der Waals surface area contributed by atoms with Gasteiger partial charge in [0.05, 0.1) is 0 Å². The van der Waals surface area contributed by atoms with Crippen molar-refractivity contribution >= 4 is 3.71 Å². The second-order valence-corrected chi connectivity index (χ2v) is 11.4. The van der Waals surface area contributed by atoms with Gasteiger partial charge in [-0.05, 0) is 0 Å². The Morgan fingerprint density at radius 2 is 1.39 bits per heavy atom. The van der Waals surface area contributed by atoms with Crippen LogP contribution >= 0.6 is 0 Å². The quantitative estimate of drug-likeness (QED) is 0.402. The van der Waals surface area contributed by atoms with Gasteiger partial charge in [0.15, 0.2) is 0 Å². The number of allylic oxidation sites excluding steroid dienone is 6. The molecule has 2 aliphatic carbocycles. The van der Waals surface area contributed by atoms with Crippen LogP contribution in [0.5, 0.6) is 0 Å². The summed E-state index contributed by atoms with van der Waals surface area (Å²) in [6.45, 7) is 2.95. The minimum absolute atomic E-state index is 0. The Bertz CT molecular complexity index is 492. The van der Waals surface area contributed by atoms with Gasteiger partial charge in [-0.25, -0.2) is 0 Å². The summed E-state index contributed by atoms with van der Waals surface area (Å²) < 4.78 is 16.3. The van der Waals surface area contributed by atoms with Crippen LogP contribution in [-0.4, -0.2) is 40.3 Å². The van der Waals surface area contributed by atoms with Crippen LogP contribution < -0.4 is 24.8 Å². The van der Waals surface area contributed by atoms with Gasteiger partial charge in [0.25, 0.3) is 0 Å². The molecular weight excluding hydrogens is 418 g/mol. The zero-order chi connectivity index (χ0) is 15.1. The molecule has 0 spiro atoms. The minimum atomic E-state index is -1.89. The first-order valence-corrected chi connectivity index (χ1v) is 11.1. The fourth-order valence-electron chi connectivity index (χ4n) is 2.48. The molecule has 4 nitrogen and oxygen atoms in total. The van der Waals surface area contributed by atoms with Gasteiger partial charge in [0, 0.05) is 0 Å². The summed E-state index contributed by atoms with van der Waals surface area (Å²) in [5.41, 5.74) is 0. The van der Waals surface area contributed by atoms with E-state index in [4.69, 9.17) is 19.7 Å². The first-order chi connectivity index (χ1) is 10.3. The average Bonchev–Trinajstić information content (AvgIpc) is 3.14. The van der Waals surface area contributed by atoms with Crippen molar-refractivity contribution in [2.45, 2.75) is 19.8 Å². The number of ether oxygens (including phenoxy) is 2. The molecule has 2 rings (SSSR count).